The van der Waals surface area contributed by atoms with Crippen LogP contribution in [0.2, 0.25) is 0 Å². The van der Waals surface area contributed by atoms with E-state index >= 15 is 0 Å². The van der Waals surface area contributed by atoms with Crippen LogP contribution in [-0.2, 0) is 14.8 Å². The zero-order chi connectivity index (χ0) is 24.6. The molecule has 182 valence electrons. The Hall–Kier alpha value is -3.24. The van der Waals surface area contributed by atoms with E-state index in [0.29, 0.717) is 54.3 Å². The molecule has 1 aliphatic heterocycles. The van der Waals surface area contributed by atoms with Gasteiger partial charge in [-0.1, -0.05) is 0 Å². The summed E-state index contributed by atoms with van der Waals surface area (Å²) in [5.74, 6) is 0.700. The van der Waals surface area contributed by atoms with E-state index in [1.807, 2.05) is 13.0 Å². The van der Waals surface area contributed by atoms with Crippen LogP contribution in [0.4, 0.5) is 5.69 Å². The van der Waals surface area contributed by atoms with Gasteiger partial charge in [-0.15, -0.1) is 0 Å². The number of benzene rings is 2. The van der Waals surface area contributed by atoms with Crippen LogP contribution in [0.3, 0.4) is 0 Å². The molecule has 1 saturated heterocycles. The van der Waals surface area contributed by atoms with Crippen LogP contribution in [-0.4, -0.2) is 59.7 Å². The summed E-state index contributed by atoms with van der Waals surface area (Å²) in [7, 11) is -1.15. The van der Waals surface area contributed by atoms with Gasteiger partial charge in [0.05, 0.1) is 33.1 Å². The van der Waals surface area contributed by atoms with E-state index in [1.54, 1.807) is 36.9 Å². The number of morpholine rings is 1. The van der Waals surface area contributed by atoms with Gasteiger partial charge in [0.25, 0.3) is 15.9 Å². The molecular formula is C24H28N2O7S. The van der Waals surface area contributed by atoms with Gasteiger partial charge in [-0.3, -0.25) is 9.52 Å². The van der Waals surface area contributed by atoms with E-state index in [9.17, 15) is 13.2 Å². The van der Waals surface area contributed by atoms with Crippen LogP contribution in [0.15, 0.2) is 33.6 Å². The molecule has 1 N–H and O–H groups in total. The van der Waals surface area contributed by atoms with Crippen LogP contribution in [0.1, 0.15) is 27.2 Å². The Labute approximate surface area is 198 Å². The minimum atomic E-state index is -4.11. The van der Waals surface area contributed by atoms with Crippen LogP contribution >= 0.6 is 0 Å². The number of furan rings is 1. The van der Waals surface area contributed by atoms with Crippen molar-refractivity contribution in [2.75, 3.05) is 45.2 Å². The summed E-state index contributed by atoms with van der Waals surface area (Å²) in [5.41, 5.74) is 2.31. The van der Waals surface area contributed by atoms with Gasteiger partial charge in [0.15, 0.2) is 11.3 Å². The second-order valence-corrected chi connectivity index (χ2v) is 9.78. The smallest absolute Gasteiger partial charge is 0.290 e. The number of hydrogen-bond acceptors (Lipinski definition) is 7. The third-order valence-corrected chi connectivity index (χ3v) is 7.62. The fourth-order valence-corrected chi connectivity index (χ4v) is 5.58. The maximum absolute atomic E-state index is 13.6. The highest BCUT2D eigenvalue weighted by molar-refractivity contribution is 7.93. The Morgan fingerprint density at radius 3 is 2.38 bits per heavy atom. The molecule has 0 bridgehead atoms. The minimum absolute atomic E-state index is 0.00972. The summed E-state index contributed by atoms with van der Waals surface area (Å²) in [6.45, 7) is 7.14. The van der Waals surface area contributed by atoms with E-state index in [2.05, 4.69) is 4.72 Å². The molecule has 9 nitrogen and oxygen atoms in total. The molecule has 0 unspecified atom stereocenters. The molecule has 1 aliphatic rings. The number of carbonyl (C=O) groups excluding carboxylic acids is 1. The largest absolute Gasteiger partial charge is 0.497 e. The van der Waals surface area contributed by atoms with Crippen molar-refractivity contribution < 1.29 is 31.8 Å². The maximum Gasteiger partial charge on any atom is 0.290 e. The van der Waals surface area contributed by atoms with E-state index < -0.39 is 10.0 Å². The normalized spacial score (nSPS) is 14.3. The van der Waals surface area contributed by atoms with E-state index in [-0.39, 0.29) is 27.8 Å². The third kappa shape index (κ3) is 4.19. The number of ether oxygens (including phenoxy) is 3. The first-order chi connectivity index (χ1) is 16.2. The standard InChI is InChI=1S/C24H28N2O7S/c1-14-12-18-16(3)21(24(27)26-8-10-32-11-9-26)33-22(18)23(15(14)2)34(28,29)25-19-7-6-17(30-4)13-20(19)31-5/h6-7,12-13,25H,8-11H2,1-5H3. The molecule has 0 radical (unpaired) electrons. The van der Waals surface area contributed by atoms with Crippen molar-refractivity contribution in [2.45, 2.75) is 25.7 Å². The van der Waals surface area contributed by atoms with Crippen molar-refractivity contribution in [3.05, 3.63) is 46.7 Å². The fourth-order valence-electron chi connectivity index (χ4n) is 4.06. The molecule has 0 aliphatic carbocycles. The highest BCUT2D eigenvalue weighted by Crippen LogP contribution is 2.37. The first-order valence-electron chi connectivity index (χ1n) is 10.8. The molecule has 0 saturated carbocycles. The summed E-state index contributed by atoms with van der Waals surface area (Å²) < 4.78 is 51.7. The second-order valence-electron chi connectivity index (χ2n) is 8.16. The summed E-state index contributed by atoms with van der Waals surface area (Å²) in [6, 6.07) is 6.65. The lowest BCUT2D eigenvalue weighted by Crippen LogP contribution is -2.40. The van der Waals surface area contributed by atoms with Gasteiger partial charge in [-0.2, -0.15) is 0 Å². The van der Waals surface area contributed by atoms with Gasteiger partial charge in [-0.25, -0.2) is 8.42 Å². The molecule has 0 spiro atoms. The predicted octanol–water partition coefficient (Wildman–Crippen LogP) is 3.65. The number of nitrogens with one attached hydrogen (secondary N) is 1. The lowest BCUT2D eigenvalue weighted by Gasteiger charge is -2.26. The molecule has 34 heavy (non-hydrogen) atoms. The Morgan fingerprint density at radius 1 is 1.03 bits per heavy atom. The lowest BCUT2D eigenvalue weighted by molar-refractivity contribution is 0.0283. The molecule has 4 rings (SSSR count). The van der Waals surface area contributed by atoms with Gasteiger partial charge in [0.2, 0.25) is 0 Å². The number of sulfonamides is 1. The third-order valence-electron chi connectivity index (χ3n) is 6.11. The number of aryl methyl sites for hydroxylation is 2. The van der Waals surface area contributed by atoms with Gasteiger partial charge in [0.1, 0.15) is 16.4 Å². The van der Waals surface area contributed by atoms with E-state index in [0.717, 1.165) is 5.56 Å². The first kappa shape index (κ1) is 23.9. The lowest BCUT2D eigenvalue weighted by atomic mass is 10.0. The quantitative estimate of drug-likeness (QED) is 0.564. The predicted molar refractivity (Wildman–Crippen MR) is 128 cm³/mol. The zero-order valence-electron chi connectivity index (χ0n) is 19.9. The SMILES string of the molecule is COc1ccc(NS(=O)(=O)c2c(C)c(C)cc3c(C)c(C(=O)N4CCOCC4)oc23)c(OC)c1. The Balaban J connectivity index is 1.83. The van der Waals surface area contributed by atoms with E-state index in [4.69, 9.17) is 18.6 Å². The monoisotopic (exact) mass is 488 g/mol. The van der Waals surface area contributed by atoms with Crippen molar-refractivity contribution in [2.24, 2.45) is 0 Å². The molecule has 1 aromatic heterocycles. The summed E-state index contributed by atoms with van der Waals surface area (Å²) in [5, 5.41) is 0.585. The maximum atomic E-state index is 13.6. The van der Waals surface area contributed by atoms with Gasteiger partial charge in [0, 0.05) is 30.1 Å². The topological polar surface area (TPSA) is 107 Å². The average Bonchev–Trinajstić information content (AvgIpc) is 3.15. The highest BCUT2D eigenvalue weighted by atomic mass is 32.2. The van der Waals surface area contributed by atoms with Crippen LogP contribution in [0.5, 0.6) is 11.5 Å². The first-order valence-corrected chi connectivity index (χ1v) is 12.3. The number of amides is 1. The second kappa shape index (κ2) is 9.19. The molecule has 3 aromatic rings. The molecule has 1 amide bonds. The molecule has 2 heterocycles. The van der Waals surface area contributed by atoms with Crippen LogP contribution < -0.4 is 14.2 Å². The highest BCUT2D eigenvalue weighted by Gasteiger charge is 2.30. The minimum Gasteiger partial charge on any atom is -0.497 e. The van der Waals surface area contributed by atoms with Crippen molar-refractivity contribution in [1.82, 2.24) is 4.90 Å². The molecule has 1 fully saturated rings. The number of methoxy groups -OCH3 is 2. The van der Waals surface area contributed by atoms with Crippen LogP contribution in [0.25, 0.3) is 11.0 Å². The number of fused-ring (bicyclic) bond motifs is 1. The average molecular weight is 489 g/mol. The van der Waals surface area contributed by atoms with Crippen molar-refractivity contribution in [1.29, 1.82) is 0 Å². The Morgan fingerprint density at radius 2 is 1.74 bits per heavy atom. The molecule has 2 aromatic carbocycles. The number of anilines is 1. The van der Waals surface area contributed by atoms with Crippen molar-refractivity contribution in [3.8, 4) is 11.5 Å². The number of rotatable bonds is 6. The summed E-state index contributed by atoms with van der Waals surface area (Å²) >= 11 is 0. The van der Waals surface area contributed by atoms with Crippen LogP contribution in [0, 0.1) is 20.8 Å². The van der Waals surface area contributed by atoms with Crippen molar-refractivity contribution >= 4 is 32.6 Å². The summed E-state index contributed by atoms with van der Waals surface area (Å²) in [4.78, 5) is 14.8. The Kier molecular flexibility index (Phi) is 6.46. The molecule has 10 heteroatoms. The molecular weight excluding hydrogens is 460 g/mol. The van der Waals surface area contributed by atoms with E-state index in [1.165, 1.54) is 14.2 Å². The summed E-state index contributed by atoms with van der Waals surface area (Å²) in [6.07, 6.45) is 0. The fraction of sp³-hybridized carbons (Fsp3) is 0.375. The van der Waals surface area contributed by atoms with Gasteiger partial charge < -0.3 is 23.5 Å². The zero-order valence-corrected chi connectivity index (χ0v) is 20.7. The molecule has 0 atom stereocenters. The number of hydrogen-bond donors (Lipinski definition) is 1. The van der Waals surface area contributed by atoms with Crippen molar-refractivity contribution in [3.63, 3.8) is 0 Å². The van der Waals surface area contributed by atoms with Gasteiger partial charge >= 0.3 is 0 Å². The Bertz CT molecular complexity index is 1360. The number of carbonyl (C=O) groups is 1. The number of nitrogens with zero attached hydrogens (tertiary/aromatic N) is 1. The van der Waals surface area contributed by atoms with Gasteiger partial charge in [-0.05, 0) is 50.1 Å².